The van der Waals surface area contributed by atoms with E-state index in [4.69, 9.17) is 4.74 Å². The molecule has 1 aromatic carbocycles. The molecule has 7 heteroatoms. The fraction of sp³-hybridized carbons (Fsp3) is 0.412. The number of hydrogen-bond acceptors (Lipinski definition) is 5. The van der Waals surface area contributed by atoms with Gasteiger partial charge in [-0.15, -0.1) is 11.3 Å². The number of thiazole rings is 1. The molecule has 130 valence electrons. The van der Waals surface area contributed by atoms with E-state index >= 15 is 0 Å². The number of carbonyl (C=O) groups is 1. The maximum Gasteiger partial charge on any atom is 0.410 e. The molecule has 0 radical (unpaired) electrons. The Hall–Kier alpha value is -1.35. The fourth-order valence-electron chi connectivity index (χ4n) is 2.03. The van der Waals surface area contributed by atoms with E-state index in [-0.39, 0.29) is 6.09 Å². The zero-order chi connectivity index (χ0) is 17.7. The average molecular weight is 459 g/mol. The van der Waals surface area contributed by atoms with Gasteiger partial charge >= 0.3 is 6.09 Å². The molecule has 2 rings (SSSR count). The summed E-state index contributed by atoms with van der Waals surface area (Å²) >= 11 is 3.93. The maximum atomic E-state index is 12.1. The van der Waals surface area contributed by atoms with E-state index < -0.39 is 5.60 Å². The standard InChI is InChI=1S/C17H22IN3O2S/c1-17(2,3)23-16(22)21(4)11-12-7-5-6-8-13(12)19-10-15-20-9-14(18)24-15/h5-9,19H,10-11H2,1-4H3. The van der Waals surface area contributed by atoms with Crippen LogP contribution >= 0.6 is 33.9 Å². The molecule has 1 N–H and O–H groups in total. The molecular formula is C17H22IN3O2S. The van der Waals surface area contributed by atoms with Crippen molar-refractivity contribution in [3.63, 3.8) is 0 Å². The van der Waals surface area contributed by atoms with Gasteiger partial charge in [0.25, 0.3) is 0 Å². The van der Waals surface area contributed by atoms with Gasteiger partial charge in [0.2, 0.25) is 0 Å². The number of nitrogens with one attached hydrogen (secondary N) is 1. The Bertz CT molecular complexity index is 697. The number of amides is 1. The van der Waals surface area contributed by atoms with Crippen molar-refractivity contribution < 1.29 is 9.53 Å². The molecule has 0 aliphatic rings. The molecule has 2 aromatic rings. The Balaban J connectivity index is 2.01. The minimum absolute atomic E-state index is 0.327. The summed E-state index contributed by atoms with van der Waals surface area (Å²) in [5.74, 6) is 0. The van der Waals surface area contributed by atoms with Crippen LogP contribution in [0.2, 0.25) is 0 Å². The molecule has 5 nitrogen and oxygen atoms in total. The molecule has 1 heterocycles. The average Bonchev–Trinajstić information content (AvgIpc) is 2.90. The summed E-state index contributed by atoms with van der Waals surface area (Å²) in [5, 5.41) is 4.44. The zero-order valence-corrected chi connectivity index (χ0v) is 17.3. The maximum absolute atomic E-state index is 12.1. The van der Waals surface area contributed by atoms with E-state index in [9.17, 15) is 4.79 Å². The third-order valence-corrected chi connectivity index (χ3v) is 4.81. The van der Waals surface area contributed by atoms with Gasteiger partial charge in [-0.1, -0.05) is 18.2 Å². The molecule has 0 unspecified atom stereocenters. The van der Waals surface area contributed by atoms with Gasteiger partial charge in [-0.2, -0.15) is 0 Å². The first-order valence-electron chi connectivity index (χ1n) is 7.61. The smallest absolute Gasteiger partial charge is 0.410 e. The van der Waals surface area contributed by atoms with Crippen molar-refractivity contribution >= 4 is 45.7 Å². The first-order chi connectivity index (χ1) is 11.2. The lowest BCUT2D eigenvalue weighted by Gasteiger charge is -2.25. The van der Waals surface area contributed by atoms with E-state index in [1.807, 2.05) is 51.2 Å². The van der Waals surface area contributed by atoms with Gasteiger partial charge in [-0.3, -0.25) is 0 Å². The number of aromatic nitrogens is 1. The molecular weight excluding hydrogens is 437 g/mol. The first-order valence-corrected chi connectivity index (χ1v) is 9.50. The van der Waals surface area contributed by atoms with Crippen LogP contribution in [0.1, 0.15) is 31.3 Å². The summed E-state index contributed by atoms with van der Waals surface area (Å²) in [5.41, 5.74) is 1.54. The Morgan fingerprint density at radius 2 is 2.08 bits per heavy atom. The Kier molecular flexibility index (Phi) is 6.45. The molecule has 24 heavy (non-hydrogen) atoms. The lowest BCUT2D eigenvalue weighted by Crippen LogP contribution is -2.33. The van der Waals surface area contributed by atoms with E-state index in [2.05, 4.69) is 32.9 Å². The molecule has 0 saturated heterocycles. The lowest BCUT2D eigenvalue weighted by atomic mass is 10.1. The van der Waals surface area contributed by atoms with Gasteiger partial charge in [0.05, 0.1) is 22.2 Å². The van der Waals surface area contributed by atoms with Gasteiger partial charge in [0.1, 0.15) is 10.6 Å². The van der Waals surface area contributed by atoms with Crippen molar-refractivity contribution in [2.75, 3.05) is 12.4 Å². The molecule has 0 bridgehead atoms. The number of benzene rings is 1. The number of carbonyl (C=O) groups excluding carboxylic acids is 1. The lowest BCUT2D eigenvalue weighted by molar-refractivity contribution is 0.0285. The number of halogens is 1. The minimum atomic E-state index is -0.495. The molecule has 0 saturated carbocycles. The molecule has 0 atom stereocenters. The van der Waals surface area contributed by atoms with Crippen LogP contribution in [0.4, 0.5) is 10.5 Å². The SMILES string of the molecule is CN(Cc1ccccc1NCc1ncc(I)s1)C(=O)OC(C)(C)C. The van der Waals surface area contributed by atoms with E-state index in [1.54, 1.807) is 23.3 Å². The topological polar surface area (TPSA) is 54.5 Å². The highest BCUT2D eigenvalue weighted by atomic mass is 127. The Labute approximate surface area is 160 Å². The molecule has 0 aliphatic heterocycles. The summed E-state index contributed by atoms with van der Waals surface area (Å²) in [6, 6.07) is 7.96. The Morgan fingerprint density at radius 1 is 1.38 bits per heavy atom. The van der Waals surface area contributed by atoms with Gasteiger partial charge in [-0.05, 0) is 55.0 Å². The highest BCUT2D eigenvalue weighted by Crippen LogP contribution is 2.21. The molecule has 1 amide bonds. The summed E-state index contributed by atoms with van der Waals surface area (Å²) in [4.78, 5) is 18.1. The minimum Gasteiger partial charge on any atom is -0.444 e. The van der Waals surface area contributed by atoms with Crippen LogP contribution in [0.3, 0.4) is 0 Å². The molecule has 1 aromatic heterocycles. The molecule has 0 spiro atoms. The van der Waals surface area contributed by atoms with Crippen molar-refractivity contribution in [2.24, 2.45) is 0 Å². The summed E-state index contributed by atoms with van der Waals surface area (Å²) in [7, 11) is 1.74. The number of anilines is 1. The van der Waals surface area contributed by atoms with Crippen LogP contribution in [-0.2, 0) is 17.8 Å². The van der Waals surface area contributed by atoms with Crippen LogP contribution in [0.15, 0.2) is 30.5 Å². The summed E-state index contributed by atoms with van der Waals surface area (Å²) in [6.45, 7) is 6.74. The first kappa shape index (κ1) is 19.0. The number of para-hydroxylation sites is 1. The Morgan fingerprint density at radius 3 is 2.71 bits per heavy atom. The van der Waals surface area contributed by atoms with E-state index in [0.29, 0.717) is 13.1 Å². The van der Waals surface area contributed by atoms with Crippen molar-refractivity contribution in [3.8, 4) is 0 Å². The number of ether oxygens (including phenoxy) is 1. The van der Waals surface area contributed by atoms with Crippen molar-refractivity contribution in [2.45, 2.75) is 39.5 Å². The normalized spacial score (nSPS) is 11.2. The van der Waals surface area contributed by atoms with Crippen molar-refractivity contribution in [1.82, 2.24) is 9.88 Å². The van der Waals surface area contributed by atoms with Crippen LogP contribution in [0, 0.1) is 2.88 Å². The summed E-state index contributed by atoms with van der Waals surface area (Å²) < 4.78 is 6.57. The van der Waals surface area contributed by atoms with Crippen molar-refractivity contribution in [1.29, 1.82) is 0 Å². The summed E-state index contributed by atoms with van der Waals surface area (Å²) in [6.07, 6.45) is 1.54. The van der Waals surface area contributed by atoms with Crippen LogP contribution < -0.4 is 5.32 Å². The van der Waals surface area contributed by atoms with E-state index in [0.717, 1.165) is 16.3 Å². The number of rotatable bonds is 5. The van der Waals surface area contributed by atoms with Crippen LogP contribution in [0.5, 0.6) is 0 Å². The van der Waals surface area contributed by atoms with Gasteiger partial charge in [0.15, 0.2) is 0 Å². The zero-order valence-electron chi connectivity index (χ0n) is 14.3. The molecule has 0 fully saturated rings. The van der Waals surface area contributed by atoms with Gasteiger partial charge in [0, 0.05) is 12.7 Å². The monoisotopic (exact) mass is 459 g/mol. The van der Waals surface area contributed by atoms with Crippen LogP contribution in [-0.4, -0.2) is 28.6 Å². The van der Waals surface area contributed by atoms with Crippen molar-refractivity contribution in [3.05, 3.63) is 43.9 Å². The van der Waals surface area contributed by atoms with Gasteiger partial charge < -0.3 is 15.0 Å². The molecule has 0 aliphatic carbocycles. The highest BCUT2D eigenvalue weighted by molar-refractivity contribution is 14.1. The predicted octanol–water partition coefficient (Wildman–Crippen LogP) is 4.73. The highest BCUT2D eigenvalue weighted by Gasteiger charge is 2.20. The third-order valence-electron chi connectivity index (χ3n) is 3.09. The second-order valence-electron chi connectivity index (χ2n) is 6.41. The second kappa shape index (κ2) is 8.15. The van der Waals surface area contributed by atoms with Crippen LogP contribution in [0.25, 0.3) is 0 Å². The number of nitrogens with zero attached hydrogens (tertiary/aromatic N) is 2. The largest absolute Gasteiger partial charge is 0.444 e. The van der Waals surface area contributed by atoms with E-state index in [1.165, 1.54) is 2.88 Å². The quantitative estimate of drug-likeness (QED) is 0.658. The second-order valence-corrected chi connectivity index (χ2v) is 9.41. The van der Waals surface area contributed by atoms with Gasteiger partial charge in [-0.25, -0.2) is 9.78 Å². The fourth-order valence-corrected chi connectivity index (χ4v) is 3.51. The third kappa shape index (κ3) is 5.94. The predicted molar refractivity (Wildman–Crippen MR) is 106 cm³/mol. The number of hydrogen-bond donors (Lipinski definition) is 1.